The molecule has 0 bridgehead atoms. The van der Waals surface area contributed by atoms with Gasteiger partial charge in [0.05, 0.1) is 4.91 Å². The standard InChI is InChI=1S/C23H22N2O2S/c1-3-12-25-22(26)21(28-23(25)27)13-18-15-24(20-7-5-4-6-19(18)20)14-17-10-8-16(2)9-11-17/h4-11,13,15H,3,12,14H2,1-2H3/b21-13+. The number of amides is 2. The molecular weight excluding hydrogens is 368 g/mol. The summed E-state index contributed by atoms with van der Waals surface area (Å²) in [5.74, 6) is -0.188. The molecule has 5 heteroatoms. The summed E-state index contributed by atoms with van der Waals surface area (Å²) in [5, 5.41) is 0.901. The maximum atomic E-state index is 12.6. The summed E-state index contributed by atoms with van der Waals surface area (Å²) >= 11 is 1.03. The Hall–Kier alpha value is -2.79. The lowest BCUT2D eigenvalue weighted by Gasteiger charge is -2.09. The minimum absolute atomic E-state index is 0.179. The molecule has 3 aromatic rings. The molecule has 1 aliphatic heterocycles. The van der Waals surface area contributed by atoms with Crippen LogP contribution in [0.4, 0.5) is 4.79 Å². The molecule has 4 rings (SSSR count). The third kappa shape index (κ3) is 3.50. The fourth-order valence-electron chi connectivity index (χ4n) is 3.47. The van der Waals surface area contributed by atoms with E-state index in [4.69, 9.17) is 0 Å². The number of thioether (sulfide) groups is 1. The number of aryl methyl sites for hydroxylation is 1. The molecule has 0 N–H and O–H groups in total. The molecule has 2 aromatic carbocycles. The Labute approximate surface area is 168 Å². The molecule has 0 unspecified atom stereocenters. The Balaban J connectivity index is 1.71. The number of rotatable bonds is 5. The van der Waals surface area contributed by atoms with Crippen LogP contribution in [0.5, 0.6) is 0 Å². The Morgan fingerprint density at radius 1 is 1.04 bits per heavy atom. The lowest BCUT2D eigenvalue weighted by atomic mass is 10.1. The zero-order valence-electron chi connectivity index (χ0n) is 16.0. The highest BCUT2D eigenvalue weighted by Gasteiger charge is 2.34. The maximum absolute atomic E-state index is 12.6. The molecule has 1 saturated heterocycles. The van der Waals surface area contributed by atoms with E-state index in [-0.39, 0.29) is 11.1 Å². The number of aromatic nitrogens is 1. The lowest BCUT2D eigenvalue weighted by molar-refractivity contribution is -0.122. The summed E-state index contributed by atoms with van der Waals surface area (Å²) in [5.41, 5.74) is 4.54. The van der Waals surface area contributed by atoms with E-state index in [1.807, 2.05) is 25.1 Å². The van der Waals surface area contributed by atoms with Gasteiger partial charge in [0.25, 0.3) is 11.1 Å². The van der Waals surface area contributed by atoms with Crippen molar-refractivity contribution in [1.82, 2.24) is 9.47 Å². The van der Waals surface area contributed by atoms with E-state index in [9.17, 15) is 9.59 Å². The van der Waals surface area contributed by atoms with Gasteiger partial charge in [-0.3, -0.25) is 14.5 Å². The molecular formula is C23H22N2O2S. The number of nitrogens with zero attached hydrogens (tertiary/aromatic N) is 2. The van der Waals surface area contributed by atoms with Crippen molar-refractivity contribution in [2.45, 2.75) is 26.8 Å². The molecule has 2 heterocycles. The van der Waals surface area contributed by atoms with Gasteiger partial charge in [0.1, 0.15) is 0 Å². The van der Waals surface area contributed by atoms with Crippen LogP contribution in [-0.2, 0) is 11.3 Å². The van der Waals surface area contributed by atoms with Gasteiger partial charge in [-0.05, 0) is 42.8 Å². The van der Waals surface area contributed by atoms with Crippen molar-refractivity contribution in [1.29, 1.82) is 0 Å². The van der Waals surface area contributed by atoms with Gasteiger partial charge in [0.15, 0.2) is 0 Å². The van der Waals surface area contributed by atoms with E-state index in [0.29, 0.717) is 11.4 Å². The van der Waals surface area contributed by atoms with Gasteiger partial charge in [-0.1, -0.05) is 55.0 Å². The molecule has 0 atom stereocenters. The summed E-state index contributed by atoms with van der Waals surface area (Å²) in [6.07, 6.45) is 4.69. The first-order chi connectivity index (χ1) is 13.6. The molecule has 28 heavy (non-hydrogen) atoms. The van der Waals surface area contributed by atoms with Gasteiger partial charge >= 0.3 is 0 Å². The van der Waals surface area contributed by atoms with Crippen molar-refractivity contribution in [3.8, 4) is 0 Å². The molecule has 2 amide bonds. The highest BCUT2D eigenvalue weighted by Crippen LogP contribution is 2.34. The van der Waals surface area contributed by atoms with E-state index < -0.39 is 0 Å². The second kappa shape index (κ2) is 7.68. The van der Waals surface area contributed by atoms with Crippen LogP contribution >= 0.6 is 11.8 Å². The van der Waals surface area contributed by atoms with Crippen LogP contribution in [-0.4, -0.2) is 27.2 Å². The van der Waals surface area contributed by atoms with Crippen LogP contribution in [0.25, 0.3) is 17.0 Å². The normalized spacial score (nSPS) is 15.9. The van der Waals surface area contributed by atoms with Crippen LogP contribution in [0.2, 0.25) is 0 Å². The van der Waals surface area contributed by atoms with Gasteiger partial charge in [-0.2, -0.15) is 0 Å². The lowest BCUT2D eigenvalue weighted by Crippen LogP contribution is -2.28. The predicted molar refractivity (Wildman–Crippen MR) is 115 cm³/mol. The third-order valence-electron chi connectivity index (χ3n) is 4.90. The molecule has 142 valence electrons. The number of fused-ring (bicyclic) bond motifs is 1. The van der Waals surface area contributed by atoms with Crippen LogP contribution in [0.1, 0.15) is 30.0 Å². The van der Waals surface area contributed by atoms with Crippen molar-refractivity contribution in [2.24, 2.45) is 0 Å². The van der Waals surface area contributed by atoms with Crippen molar-refractivity contribution in [2.75, 3.05) is 6.54 Å². The van der Waals surface area contributed by atoms with Crippen LogP contribution in [0.15, 0.2) is 59.6 Å². The number of benzene rings is 2. The first-order valence-corrected chi connectivity index (χ1v) is 10.3. The Kier molecular flexibility index (Phi) is 5.09. The van der Waals surface area contributed by atoms with Crippen molar-refractivity contribution >= 4 is 39.9 Å². The summed E-state index contributed by atoms with van der Waals surface area (Å²) in [6, 6.07) is 16.7. The molecule has 0 radical (unpaired) electrons. The van der Waals surface area contributed by atoms with Crippen molar-refractivity contribution < 1.29 is 9.59 Å². The highest BCUT2D eigenvalue weighted by atomic mass is 32.2. The summed E-state index contributed by atoms with van der Waals surface area (Å²) in [6.45, 7) is 5.27. The summed E-state index contributed by atoms with van der Waals surface area (Å²) < 4.78 is 2.20. The minimum atomic E-state index is -0.188. The number of imide groups is 1. The first kappa shape index (κ1) is 18.6. The Morgan fingerprint density at radius 3 is 2.54 bits per heavy atom. The summed E-state index contributed by atoms with van der Waals surface area (Å²) in [7, 11) is 0. The zero-order chi connectivity index (χ0) is 19.7. The van der Waals surface area contributed by atoms with Crippen LogP contribution < -0.4 is 0 Å². The van der Waals surface area contributed by atoms with Gasteiger partial charge in [-0.25, -0.2) is 0 Å². The van der Waals surface area contributed by atoms with E-state index >= 15 is 0 Å². The number of carbonyl (C=O) groups excluding carboxylic acids is 2. The molecule has 1 fully saturated rings. The van der Waals surface area contributed by atoms with E-state index in [1.165, 1.54) is 16.0 Å². The second-order valence-electron chi connectivity index (χ2n) is 7.05. The topological polar surface area (TPSA) is 42.3 Å². The minimum Gasteiger partial charge on any atom is -0.342 e. The quantitative estimate of drug-likeness (QED) is 0.545. The largest absolute Gasteiger partial charge is 0.342 e. The first-order valence-electron chi connectivity index (χ1n) is 9.45. The smallest absolute Gasteiger partial charge is 0.293 e. The van der Waals surface area contributed by atoms with Crippen LogP contribution in [0.3, 0.4) is 0 Å². The number of hydrogen-bond acceptors (Lipinski definition) is 3. The van der Waals surface area contributed by atoms with Crippen LogP contribution in [0, 0.1) is 6.92 Å². The molecule has 4 nitrogen and oxygen atoms in total. The summed E-state index contributed by atoms with van der Waals surface area (Å²) in [4.78, 5) is 26.6. The molecule has 0 spiro atoms. The molecule has 1 aliphatic rings. The van der Waals surface area contributed by atoms with Gasteiger partial charge < -0.3 is 4.57 Å². The monoisotopic (exact) mass is 390 g/mol. The zero-order valence-corrected chi connectivity index (χ0v) is 16.8. The van der Waals surface area contributed by atoms with Crippen molar-refractivity contribution in [3.05, 3.63) is 76.3 Å². The SMILES string of the molecule is CCCN1C(=O)S/C(=C/c2cn(Cc3ccc(C)cc3)c3ccccc23)C1=O. The third-order valence-corrected chi connectivity index (χ3v) is 5.81. The van der Waals surface area contributed by atoms with E-state index in [2.05, 4.69) is 54.1 Å². The van der Waals surface area contributed by atoms with Crippen molar-refractivity contribution in [3.63, 3.8) is 0 Å². The average molecular weight is 391 g/mol. The number of hydrogen-bond donors (Lipinski definition) is 0. The average Bonchev–Trinajstić information content (AvgIpc) is 3.17. The second-order valence-corrected chi connectivity index (χ2v) is 8.04. The fourth-order valence-corrected chi connectivity index (χ4v) is 4.32. The Bertz CT molecular complexity index is 1080. The highest BCUT2D eigenvalue weighted by molar-refractivity contribution is 8.18. The van der Waals surface area contributed by atoms with E-state index in [0.717, 1.165) is 41.2 Å². The molecule has 0 aliphatic carbocycles. The van der Waals surface area contributed by atoms with Gasteiger partial charge in [-0.15, -0.1) is 0 Å². The maximum Gasteiger partial charge on any atom is 0.293 e. The molecule has 0 saturated carbocycles. The molecule has 1 aromatic heterocycles. The van der Waals surface area contributed by atoms with E-state index in [1.54, 1.807) is 0 Å². The van der Waals surface area contributed by atoms with Gasteiger partial charge in [0.2, 0.25) is 0 Å². The number of carbonyl (C=O) groups is 2. The number of para-hydroxylation sites is 1. The Morgan fingerprint density at radius 2 is 1.79 bits per heavy atom. The fraction of sp³-hybridized carbons (Fsp3) is 0.217. The van der Waals surface area contributed by atoms with Gasteiger partial charge in [0, 0.05) is 35.8 Å². The predicted octanol–water partition coefficient (Wildman–Crippen LogP) is 5.44.